The molecule has 8 heteroatoms. The SMILES string of the molecule is CC(C)(C)N1CCC(F)(C(=O)NC(C(=O)O)c2c(Cl)cccc2Cl)C1. The van der Waals surface area contributed by atoms with Crippen molar-refractivity contribution >= 4 is 35.1 Å². The van der Waals surface area contributed by atoms with E-state index in [4.69, 9.17) is 23.2 Å². The van der Waals surface area contributed by atoms with E-state index in [2.05, 4.69) is 5.32 Å². The Morgan fingerprint density at radius 2 is 1.88 bits per heavy atom. The number of nitrogens with one attached hydrogen (secondary N) is 1. The Morgan fingerprint density at radius 1 is 1.32 bits per heavy atom. The van der Waals surface area contributed by atoms with Crippen molar-refractivity contribution in [3.63, 3.8) is 0 Å². The maximum absolute atomic E-state index is 15.1. The van der Waals surface area contributed by atoms with E-state index in [1.54, 1.807) is 6.07 Å². The Kier molecular flexibility index (Phi) is 5.66. The largest absolute Gasteiger partial charge is 0.479 e. The molecule has 1 aromatic carbocycles. The fraction of sp³-hybridized carbons (Fsp3) is 0.529. The number of carbonyl (C=O) groups excluding carboxylic acids is 1. The number of hydrogen-bond acceptors (Lipinski definition) is 3. The number of carboxylic acids is 1. The topological polar surface area (TPSA) is 69.6 Å². The van der Waals surface area contributed by atoms with Crippen LogP contribution in [0.15, 0.2) is 18.2 Å². The molecule has 1 fully saturated rings. The van der Waals surface area contributed by atoms with Crippen LogP contribution in [0.25, 0.3) is 0 Å². The van der Waals surface area contributed by atoms with Gasteiger partial charge in [0.25, 0.3) is 5.91 Å². The first-order valence-electron chi connectivity index (χ1n) is 7.87. The predicted molar refractivity (Wildman–Crippen MR) is 94.8 cm³/mol. The van der Waals surface area contributed by atoms with Gasteiger partial charge in [-0.25, -0.2) is 9.18 Å². The number of alkyl halides is 1. The lowest BCUT2D eigenvalue weighted by Crippen LogP contribution is -2.50. The van der Waals surface area contributed by atoms with Crippen LogP contribution in [0, 0.1) is 0 Å². The normalized spacial score (nSPS) is 22.6. The second-order valence-corrected chi connectivity index (χ2v) is 8.00. The number of aliphatic carboxylic acids is 1. The lowest BCUT2D eigenvalue weighted by Gasteiger charge is -2.32. The molecule has 0 spiro atoms. The first kappa shape index (κ1) is 19.9. The Balaban J connectivity index is 2.24. The van der Waals surface area contributed by atoms with E-state index in [0.717, 1.165) is 0 Å². The van der Waals surface area contributed by atoms with Gasteiger partial charge in [-0.2, -0.15) is 0 Å². The third kappa shape index (κ3) is 4.25. The van der Waals surface area contributed by atoms with E-state index in [0.29, 0.717) is 6.54 Å². The summed E-state index contributed by atoms with van der Waals surface area (Å²) in [6.45, 7) is 6.11. The molecule has 25 heavy (non-hydrogen) atoms. The van der Waals surface area contributed by atoms with Crippen molar-refractivity contribution in [2.45, 2.75) is 44.4 Å². The highest BCUT2D eigenvalue weighted by molar-refractivity contribution is 6.36. The van der Waals surface area contributed by atoms with E-state index < -0.39 is 23.6 Å². The van der Waals surface area contributed by atoms with Gasteiger partial charge in [-0.3, -0.25) is 9.69 Å². The van der Waals surface area contributed by atoms with Crippen molar-refractivity contribution in [3.8, 4) is 0 Å². The summed E-state index contributed by atoms with van der Waals surface area (Å²) in [5.41, 5.74) is -2.40. The maximum atomic E-state index is 15.1. The number of benzene rings is 1. The van der Waals surface area contributed by atoms with E-state index in [-0.39, 0.29) is 34.1 Å². The van der Waals surface area contributed by atoms with Crippen LogP contribution in [-0.4, -0.2) is 46.2 Å². The summed E-state index contributed by atoms with van der Waals surface area (Å²) in [7, 11) is 0. The van der Waals surface area contributed by atoms with Gasteiger partial charge in [-0.1, -0.05) is 29.3 Å². The zero-order chi connectivity index (χ0) is 19.0. The molecule has 1 aliphatic rings. The maximum Gasteiger partial charge on any atom is 0.331 e. The molecular weight excluding hydrogens is 370 g/mol. The van der Waals surface area contributed by atoms with E-state index in [1.165, 1.54) is 12.1 Å². The third-order valence-electron chi connectivity index (χ3n) is 4.39. The van der Waals surface area contributed by atoms with Crippen LogP contribution >= 0.6 is 23.2 Å². The smallest absolute Gasteiger partial charge is 0.331 e. The first-order chi connectivity index (χ1) is 11.5. The molecule has 0 aliphatic carbocycles. The molecule has 2 N–H and O–H groups in total. The Bertz CT molecular complexity index is 673. The molecular formula is C17H21Cl2FN2O3. The lowest BCUT2D eigenvalue weighted by molar-refractivity contribution is -0.144. The second kappa shape index (κ2) is 7.09. The summed E-state index contributed by atoms with van der Waals surface area (Å²) in [5, 5.41) is 11.9. The van der Waals surface area contributed by atoms with Crippen molar-refractivity contribution in [1.29, 1.82) is 0 Å². The Hall–Kier alpha value is -1.37. The van der Waals surface area contributed by atoms with Crippen LogP contribution in [0.1, 0.15) is 38.8 Å². The van der Waals surface area contributed by atoms with Crippen LogP contribution < -0.4 is 5.32 Å². The van der Waals surface area contributed by atoms with Crippen molar-refractivity contribution in [2.24, 2.45) is 0 Å². The second-order valence-electron chi connectivity index (χ2n) is 7.19. The summed E-state index contributed by atoms with van der Waals surface area (Å²) in [6.07, 6.45) is -0.00129. The van der Waals surface area contributed by atoms with Gasteiger partial charge in [0, 0.05) is 40.7 Å². The minimum absolute atomic E-state index is 0.00129. The average molecular weight is 391 g/mol. The number of hydrogen-bond donors (Lipinski definition) is 2. The number of nitrogens with zero attached hydrogens (tertiary/aromatic N) is 1. The summed E-state index contributed by atoms with van der Waals surface area (Å²) in [4.78, 5) is 26.0. The van der Waals surface area contributed by atoms with Crippen molar-refractivity contribution in [2.75, 3.05) is 13.1 Å². The van der Waals surface area contributed by atoms with Crippen molar-refractivity contribution < 1.29 is 19.1 Å². The highest BCUT2D eigenvalue weighted by atomic mass is 35.5. The molecule has 2 rings (SSSR count). The van der Waals surface area contributed by atoms with E-state index in [1.807, 2.05) is 25.7 Å². The highest BCUT2D eigenvalue weighted by Gasteiger charge is 2.48. The molecule has 5 nitrogen and oxygen atoms in total. The summed E-state index contributed by atoms with van der Waals surface area (Å²) in [6, 6.07) is 2.97. The van der Waals surface area contributed by atoms with Crippen LogP contribution in [0.4, 0.5) is 4.39 Å². The molecule has 1 amide bonds. The van der Waals surface area contributed by atoms with Crippen LogP contribution in [0.5, 0.6) is 0 Å². The molecule has 2 atom stereocenters. The van der Waals surface area contributed by atoms with Gasteiger partial charge in [0.2, 0.25) is 5.67 Å². The van der Waals surface area contributed by atoms with Gasteiger partial charge >= 0.3 is 5.97 Å². The molecule has 1 aliphatic heterocycles. The predicted octanol–water partition coefficient (Wildman–Crippen LogP) is 3.45. The Labute approximate surface area is 156 Å². The number of halogens is 3. The van der Waals surface area contributed by atoms with E-state index in [9.17, 15) is 14.7 Å². The molecule has 0 bridgehead atoms. The third-order valence-corrected chi connectivity index (χ3v) is 5.05. The van der Waals surface area contributed by atoms with Gasteiger partial charge < -0.3 is 10.4 Å². The average Bonchev–Trinajstić information content (AvgIpc) is 2.89. The summed E-state index contributed by atoms with van der Waals surface area (Å²) in [5.74, 6) is -2.33. The number of carboxylic acid groups (broad SMARTS) is 1. The Morgan fingerprint density at radius 3 is 2.32 bits per heavy atom. The fourth-order valence-electron chi connectivity index (χ4n) is 2.84. The molecule has 0 radical (unpaired) electrons. The first-order valence-corrected chi connectivity index (χ1v) is 8.63. The molecule has 2 unspecified atom stereocenters. The minimum Gasteiger partial charge on any atom is -0.479 e. The van der Waals surface area contributed by atoms with Crippen LogP contribution in [0.2, 0.25) is 10.0 Å². The quantitative estimate of drug-likeness (QED) is 0.825. The van der Waals surface area contributed by atoms with Crippen LogP contribution in [0.3, 0.4) is 0 Å². The number of likely N-dealkylation sites (tertiary alicyclic amines) is 1. The summed E-state index contributed by atoms with van der Waals surface area (Å²) < 4.78 is 15.1. The zero-order valence-corrected chi connectivity index (χ0v) is 15.8. The molecule has 1 heterocycles. The monoisotopic (exact) mass is 390 g/mol. The van der Waals surface area contributed by atoms with Gasteiger partial charge in [0.15, 0.2) is 6.04 Å². The molecule has 1 aromatic rings. The van der Waals surface area contributed by atoms with Crippen molar-refractivity contribution in [1.82, 2.24) is 10.2 Å². The number of rotatable bonds is 4. The molecule has 1 saturated heterocycles. The molecule has 0 saturated carbocycles. The summed E-state index contributed by atoms with van der Waals surface area (Å²) >= 11 is 12.1. The lowest BCUT2D eigenvalue weighted by atomic mass is 10.0. The number of carbonyl (C=O) groups is 2. The van der Waals surface area contributed by atoms with Gasteiger partial charge in [0.05, 0.1) is 0 Å². The van der Waals surface area contributed by atoms with Gasteiger partial charge in [0.1, 0.15) is 0 Å². The minimum atomic E-state index is -2.16. The highest BCUT2D eigenvalue weighted by Crippen LogP contribution is 2.34. The van der Waals surface area contributed by atoms with Crippen LogP contribution in [-0.2, 0) is 9.59 Å². The number of amides is 1. The van der Waals surface area contributed by atoms with Gasteiger partial charge in [-0.15, -0.1) is 0 Å². The molecule has 0 aromatic heterocycles. The van der Waals surface area contributed by atoms with Gasteiger partial charge in [-0.05, 0) is 32.9 Å². The standard InChI is InChI=1S/C17H21Cl2FN2O3/c1-16(2,3)22-8-7-17(20,9-22)15(25)21-13(14(23)24)12-10(18)5-4-6-11(12)19/h4-6,13H,7-9H2,1-3H3,(H,21,25)(H,23,24). The zero-order valence-electron chi connectivity index (χ0n) is 14.3. The molecule has 138 valence electrons. The van der Waals surface area contributed by atoms with Crippen molar-refractivity contribution in [3.05, 3.63) is 33.8 Å². The van der Waals surface area contributed by atoms with E-state index >= 15 is 4.39 Å². The fourth-order valence-corrected chi connectivity index (χ4v) is 3.45.